The topological polar surface area (TPSA) is 37.8 Å². The lowest BCUT2D eigenvalue weighted by Gasteiger charge is -2.14. The molecule has 0 radical (unpaired) electrons. The minimum absolute atomic E-state index is 0.446. The molecule has 1 N–H and O–H groups in total. The molecule has 1 heterocycles. The second-order valence-electron chi connectivity index (χ2n) is 4.62. The highest BCUT2D eigenvalue weighted by Crippen LogP contribution is 2.24. The second-order valence-corrected chi connectivity index (χ2v) is 5.41. The van der Waals surface area contributed by atoms with Crippen LogP contribution in [0.3, 0.4) is 0 Å². The first-order valence-electron chi connectivity index (χ1n) is 6.75. The fourth-order valence-electron chi connectivity index (χ4n) is 2.09. The van der Waals surface area contributed by atoms with Crippen molar-refractivity contribution in [3.05, 3.63) is 10.6 Å². The SMILES string of the molecule is CCCCCCCCC(NC)c1snnc1C. The van der Waals surface area contributed by atoms with Crippen LogP contribution >= 0.6 is 11.5 Å². The zero-order chi connectivity index (χ0) is 12.5. The fraction of sp³-hybridized carbons (Fsp3) is 0.846. The van der Waals surface area contributed by atoms with Gasteiger partial charge in [-0.3, -0.25) is 0 Å². The third-order valence-electron chi connectivity index (χ3n) is 3.20. The summed E-state index contributed by atoms with van der Waals surface area (Å²) >= 11 is 1.53. The molecule has 4 heteroatoms. The number of unbranched alkanes of at least 4 members (excludes halogenated alkanes) is 5. The summed E-state index contributed by atoms with van der Waals surface area (Å²) in [6.07, 6.45) is 9.33. The lowest BCUT2D eigenvalue weighted by molar-refractivity contribution is 0.501. The number of aryl methyl sites for hydroxylation is 1. The van der Waals surface area contributed by atoms with Crippen molar-refractivity contribution in [1.29, 1.82) is 0 Å². The van der Waals surface area contributed by atoms with Crippen molar-refractivity contribution in [2.75, 3.05) is 7.05 Å². The van der Waals surface area contributed by atoms with E-state index < -0.39 is 0 Å². The largest absolute Gasteiger partial charge is 0.312 e. The van der Waals surface area contributed by atoms with E-state index in [0.717, 1.165) is 5.69 Å². The third-order valence-corrected chi connectivity index (χ3v) is 4.14. The Balaban J connectivity index is 2.22. The lowest BCUT2D eigenvalue weighted by atomic mass is 10.0. The van der Waals surface area contributed by atoms with Crippen LogP contribution in [0.5, 0.6) is 0 Å². The Morgan fingerprint density at radius 2 is 1.88 bits per heavy atom. The van der Waals surface area contributed by atoms with Gasteiger partial charge in [0.05, 0.1) is 10.6 Å². The van der Waals surface area contributed by atoms with Gasteiger partial charge in [0, 0.05) is 6.04 Å². The van der Waals surface area contributed by atoms with Crippen LogP contribution in [0.1, 0.15) is 68.5 Å². The van der Waals surface area contributed by atoms with Gasteiger partial charge in [-0.05, 0) is 31.9 Å². The molecule has 0 fully saturated rings. The molecule has 0 saturated heterocycles. The van der Waals surface area contributed by atoms with E-state index in [4.69, 9.17) is 0 Å². The molecule has 1 aromatic rings. The molecular formula is C13H25N3S. The van der Waals surface area contributed by atoms with Gasteiger partial charge in [-0.2, -0.15) is 0 Å². The Labute approximate surface area is 109 Å². The van der Waals surface area contributed by atoms with Crippen LogP contribution in [0, 0.1) is 6.92 Å². The molecule has 1 unspecified atom stereocenters. The highest BCUT2D eigenvalue weighted by molar-refractivity contribution is 7.05. The molecule has 0 saturated carbocycles. The Morgan fingerprint density at radius 1 is 1.18 bits per heavy atom. The molecule has 3 nitrogen and oxygen atoms in total. The highest BCUT2D eigenvalue weighted by atomic mass is 32.1. The number of hydrogen-bond acceptors (Lipinski definition) is 4. The summed E-state index contributed by atoms with van der Waals surface area (Å²) < 4.78 is 4.01. The third kappa shape index (κ3) is 5.13. The summed E-state index contributed by atoms with van der Waals surface area (Å²) in [5.74, 6) is 0. The van der Waals surface area contributed by atoms with Crippen LogP contribution < -0.4 is 5.32 Å². The smallest absolute Gasteiger partial charge is 0.0772 e. The normalized spacial score (nSPS) is 12.9. The van der Waals surface area contributed by atoms with Crippen molar-refractivity contribution in [2.45, 2.75) is 64.8 Å². The lowest BCUT2D eigenvalue weighted by Crippen LogP contribution is -2.16. The molecule has 98 valence electrons. The predicted molar refractivity (Wildman–Crippen MR) is 74.4 cm³/mol. The average Bonchev–Trinajstić information content (AvgIpc) is 2.75. The quantitative estimate of drug-likeness (QED) is 0.681. The first-order valence-corrected chi connectivity index (χ1v) is 7.53. The summed E-state index contributed by atoms with van der Waals surface area (Å²) in [6.45, 7) is 4.31. The summed E-state index contributed by atoms with van der Waals surface area (Å²) in [5.41, 5.74) is 1.08. The van der Waals surface area contributed by atoms with Gasteiger partial charge in [0.15, 0.2) is 0 Å². The van der Waals surface area contributed by atoms with Crippen LogP contribution in [0.15, 0.2) is 0 Å². The number of nitrogens with one attached hydrogen (secondary N) is 1. The van der Waals surface area contributed by atoms with E-state index in [2.05, 4.69) is 21.8 Å². The second kappa shape index (κ2) is 8.59. The van der Waals surface area contributed by atoms with Crippen LogP contribution in [0.2, 0.25) is 0 Å². The Kier molecular flexibility index (Phi) is 7.37. The van der Waals surface area contributed by atoms with Crippen LogP contribution in [0.4, 0.5) is 0 Å². The molecule has 0 amide bonds. The predicted octanol–water partition coefficient (Wildman–Crippen LogP) is 3.86. The maximum Gasteiger partial charge on any atom is 0.0772 e. The van der Waals surface area contributed by atoms with E-state index >= 15 is 0 Å². The summed E-state index contributed by atoms with van der Waals surface area (Å²) in [4.78, 5) is 1.31. The van der Waals surface area contributed by atoms with E-state index in [-0.39, 0.29) is 0 Å². The fourth-order valence-corrected chi connectivity index (χ4v) is 2.88. The summed E-state index contributed by atoms with van der Waals surface area (Å²) in [7, 11) is 2.03. The zero-order valence-electron chi connectivity index (χ0n) is 11.3. The monoisotopic (exact) mass is 255 g/mol. The maximum absolute atomic E-state index is 4.08. The van der Waals surface area contributed by atoms with Gasteiger partial charge < -0.3 is 5.32 Å². The molecule has 1 atom stereocenters. The van der Waals surface area contributed by atoms with Crippen LogP contribution in [-0.2, 0) is 0 Å². The zero-order valence-corrected chi connectivity index (χ0v) is 12.1. The average molecular weight is 255 g/mol. The molecule has 17 heavy (non-hydrogen) atoms. The molecule has 0 bridgehead atoms. The van der Waals surface area contributed by atoms with E-state index in [9.17, 15) is 0 Å². The van der Waals surface area contributed by atoms with Crippen LogP contribution in [-0.4, -0.2) is 16.6 Å². The van der Waals surface area contributed by atoms with Crippen molar-refractivity contribution in [2.24, 2.45) is 0 Å². The molecule has 0 aliphatic heterocycles. The van der Waals surface area contributed by atoms with E-state index in [1.165, 1.54) is 61.4 Å². The van der Waals surface area contributed by atoms with Gasteiger partial charge in [0.2, 0.25) is 0 Å². The number of hydrogen-bond donors (Lipinski definition) is 1. The van der Waals surface area contributed by atoms with Gasteiger partial charge in [-0.25, -0.2) is 0 Å². The first kappa shape index (κ1) is 14.6. The van der Waals surface area contributed by atoms with Crippen molar-refractivity contribution >= 4 is 11.5 Å². The number of aromatic nitrogens is 2. The highest BCUT2D eigenvalue weighted by Gasteiger charge is 2.14. The minimum atomic E-state index is 0.446. The van der Waals surface area contributed by atoms with Gasteiger partial charge in [-0.1, -0.05) is 49.9 Å². The number of rotatable bonds is 9. The Hall–Kier alpha value is -0.480. The molecule has 1 rings (SSSR count). The molecule has 0 aromatic carbocycles. The molecule has 0 spiro atoms. The minimum Gasteiger partial charge on any atom is -0.312 e. The summed E-state index contributed by atoms with van der Waals surface area (Å²) in [6, 6.07) is 0.446. The molecule has 1 aromatic heterocycles. The van der Waals surface area contributed by atoms with Crippen molar-refractivity contribution < 1.29 is 0 Å². The molecule has 0 aliphatic carbocycles. The molecular weight excluding hydrogens is 230 g/mol. The molecule has 0 aliphatic rings. The van der Waals surface area contributed by atoms with Crippen molar-refractivity contribution in [3.63, 3.8) is 0 Å². The Bertz CT molecular complexity index is 299. The van der Waals surface area contributed by atoms with Gasteiger partial charge in [-0.15, -0.1) is 5.10 Å². The standard InChI is InChI=1S/C13H25N3S/c1-4-5-6-7-8-9-10-12(14-3)13-11(2)15-16-17-13/h12,14H,4-10H2,1-3H3. The van der Waals surface area contributed by atoms with E-state index in [1.54, 1.807) is 0 Å². The maximum atomic E-state index is 4.08. The number of nitrogens with zero attached hydrogens (tertiary/aromatic N) is 2. The summed E-state index contributed by atoms with van der Waals surface area (Å²) in [5, 5.41) is 7.46. The van der Waals surface area contributed by atoms with Gasteiger partial charge >= 0.3 is 0 Å². The van der Waals surface area contributed by atoms with E-state index in [1.807, 2.05) is 14.0 Å². The van der Waals surface area contributed by atoms with Gasteiger partial charge in [0.1, 0.15) is 0 Å². The van der Waals surface area contributed by atoms with Gasteiger partial charge in [0.25, 0.3) is 0 Å². The van der Waals surface area contributed by atoms with Crippen molar-refractivity contribution in [1.82, 2.24) is 14.9 Å². The Morgan fingerprint density at radius 3 is 2.47 bits per heavy atom. The van der Waals surface area contributed by atoms with Crippen molar-refractivity contribution in [3.8, 4) is 0 Å². The van der Waals surface area contributed by atoms with E-state index in [0.29, 0.717) is 6.04 Å². The first-order chi connectivity index (χ1) is 8.29. The van der Waals surface area contributed by atoms with Crippen LogP contribution in [0.25, 0.3) is 0 Å².